The zero-order valence-corrected chi connectivity index (χ0v) is 5.87. The summed E-state index contributed by atoms with van der Waals surface area (Å²) >= 11 is 0. The average Bonchev–Trinajstić information content (AvgIpc) is 2.12. The summed E-state index contributed by atoms with van der Waals surface area (Å²) < 4.78 is 6.94. The van der Waals surface area contributed by atoms with E-state index in [1.807, 2.05) is 6.79 Å². The molecule has 0 heterocycles. The van der Waals surface area contributed by atoms with Gasteiger partial charge in [-0.2, -0.15) is 0 Å². The van der Waals surface area contributed by atoms with Crippen LogP contribution in [-0.2, 0) is 33.4 Å². The third kappa shape index (κ3) is 101. The van der Waals surface area contributed by atoms with E-state index in [1.54, 1.807) is 0 Å². The first-order valence-electron chi connectivity index (χ1n) is 2.17. The highest BCUT2D eigenvalue weighted by Gasteiger charge is 1.59. The van der Waals surface area contributed by atoms with Gasteiger partial charge in [-0.3, -0.25) is 19.2 Å². The first kappa shape index (κ1) is 16.5. The lowest BCUT2D eigenvalue weighted by atomic mass is 11.5. The third-order valence-electron chi connectivity index (χ3n) is 0.222. The molecule has 0 radical (unpaired) electrons. The molecular weight excluding hydrogens is 172 g/mol. The predicted octanol–water partition coefficient (Wildman–Crippen LogP) is -1.55. The van der Waals surface area contributed by atoms with Crippen molar-refractivity contribution in [1.29, 1.82) is 0 Å². The molecule has 68 valence electrons. The fourth-order valence-corrected chi connectivity index (χ4v) is 0.0454. The maximum Gasteiger partial charge on any atom is 0.300 e. The van der Waals surface area contributed by atoms with Crippen molar-refractivity contribution in [2.75, 3.05) is 0 Å². The molecule has 12 heavy (non-hydrogen) atoms. The summed E-state index contributed by atoms with van der Waals surface area (Å²) in [7, 11) is 0. The highest BCUT2D eigenvalue weighted by Crippen LogP contribution is 1.41. The smallest absolute Gasteiger partial charge is 0.300 e. The van der Waals surface area contributed by atoms with Gasteiger partial charge in [-0.25, -0.2) is 0 Å². The summed E-state index contributed by atoms with van der Waals surface area (Å²) in [6, 6.07) is 0. The molecule has 0 saturated heterocycles. The Morgan fingerprint density at radius 1 is 0.667 bits per heavy atom. The van der Waals surface area contributed by atoms with Crippen molar-refractivity contribution in [2.24, 2.45) is 0 Å². The van der Waals surface area contributed by atoms with E-state index in [1.165, 1.54) is 0 Å². The largest absolute Gasteiger partial charge is 0.398 e. The molecule has 0 amide bonds. The van der Waals surface area contributed by atoms with E-state index in [0.717, 1.165) is 0 Å². The lowest BCUT2D eigenvalue weighted by molar-refractivity contribution is -0.143. The van der Waals surface area contributed by atoms with Gasteiger partial charge >= 0.3 is 25.9 Å². The van der Waals surface area contributed by atoms with Crippen molar-refractivity contribution >= 4 is 32.7 Å². The lowest BCUT2D eigenvalue weighted by Gasteiger charge is -1.65. The number of carbonyl (C=O) groups excluding carboxylic acids is 5. The van der Waals surface area contributed by atoms with Crippen LogP contribution >= 0.6 is 0 Å². The van der Waals surface area contributed by atoms with Crippen LogP contribution in [-0.4, -0.2) is 32.7 Å². The molecule has 0 atom stereocenters. The zero-order chi connectivity index (χ0) is 10.2. The minimum Gasteiger partial charge on any atom is -0.398 e. The zero-order valence-electron chi connectivity index (χ0n) is 5.87. The molecule has 0 spiro atoms. The van der Waals surface area contributed by atoms with E-state index >= 15 is 0 Å². The van der Waals surface area contributed by atoms with Crippen molar-refractivity contribution in [3.05, 3.63) is 0 Å². The Bertz CT molecular complexity index is 95.0. The summed E-state index contributed by atoms with van der Waals surface area (Å²) in [5.74, 6) is 0. The lowest BCUT2D eigenvalue weighted by Crippen LogP contribution is -1.77. The molecule has 7 heteroatoms. The van der Waals surface area contributed by atoms with Crippen LogP contribution in [0.25, 0.3) is 0 Å². The quantitative estimate of drug-likeness (QED) is 0.379. The van der Waals surface area contributed by atoms with Gasteiger partial charge in [0.25, 0.3) is 0 Å². The van der Waals surface area contributed by atoms with Gasteiger partial charge in [-0.15, -0.1) is 0 Å². The maximum absolute atomic E-state index is 8.95. The van der Waals surface area contributed by atoms with Gasteiger partial charge in [0.2, 0.25) is 0 Å². The molecule has 0 aromatic carbocycles. The third-order valence-corrected chi connectivity index (χ3v) is 0.222. The van der Waals surface area contributed by atoms with Crippen LogP contribution in [0.4, 0.5) is 0 Å². The van der Waals surface area contributed by atoms with Crippen LogP contribution in [0.2, 0.25) is 0 Å². The van der Waals surface area contributed by atoms with Crippen LogP contribution in [0.5, 0.6) is 0 Å². The topological polar surface area (TPSA) is 104 Å². The number of hydrogen-bond acceptors (Lipinski definition) is 7. The van der Waals surface area contributed by atoms with Crippen LogP contribution in [0.15, 0.2) is 0 Å². The Labute approximate surface area is 67.2 Å². The first-order chi connectivity index (χ1) is 5.83. The Morgan fingerprint density at radius 2 is 0.833 bits per heavy atom. The average molecular weight is 178 g/mol. The second-order valence-corrected chi connectivity index (χ2v) is 0.657. The Balaban J connectivity index is -0.000000112. The minimum absolute atomic E-state index is 0.0625. The van der Waals surface area contributed by atoms with Crippen LogP contribution in [0, 0.1) is 0 Å². The second kappa shape index (κ2) is 36.3. The van der Waals surface area contributed by atoms with Gasteiger partial charge in [0, 0.05) is 0 Å². The SMILES string of the molecule is C=O.O=COC=O.O=COC=O. The molecule has 0 saturated carbocycles. The van der Waals surface area contributed by atoms with Crippen LogP contribution in [0.3, 0.4) is 0 Å². The summed E-state index contributed by atoms with van der Waals surface area (Å²) in [6.45, 7) is 2.25. The Kier molecular flexibility index (Phi) is 49.9. The summed E-state index contributed by atoms with van der Waals surface area (Å²) in [5, 5.41) is 0. The van der Waals surface area contributed by atoms with E-state index in [2.05, 4.69) is 9.47 Å². The number of carbonyl (C=O) groups is 5. The van der Waals surface area contributed by atoms with Crippen LogP contribution in [0.1, 0.15) is 0 Å². The van der Waals surface area contributed by atoms with Gasteiger partial charge < -0.3 is 14.3 Å². The Hall–Kier alpha value is -2.05. The molecule has 0 aromatic rings. The summed E-state index contributed by atoms with van der Waals surface area (Å²) in [4.78, 5) is 43.8. The highest BCUT2D eigenvalue weighted by molar-refractivity contribution is 5.55. The van der Waals surface area contributed by atoms with Gasteiger partial charge in [0.05, 0.1) is 0 Å². The molecule has 0 aliphatic carbocycles. The van der Waals surface area contributed by atoms with Gasteiger partial charge in [-0.1, -0.05) is 0 Å². The van der Waals surface area contributed by atoms with Crippen molar-refractivity contribution < 1.29 is 33.4 Å². The van der Waals surface area contributed by atoms with E-state index < -0.39 is 0 Å². The van der Waals surface area contributed by atoms with Crippen molar-refractivity contribution in [3.8, 4) is 0 Å². The van der Waals surface area contributed by atoms with E-state index in [0.29, 0.717) is 0 Å². The van der Waals surface area contributed by atoms with Crippen LogP contribution < -0.4 is 0 Å². The normalized spacial score (nSPS) is 5.00. The number of hydrogen-bond donors (Lipinski definition) is 0. The molecule has 0 N–H and O–H groups in total. The monoisotopic (exact) mass is 178 g/mol. The molecule has 0 rings (SSSR count). The molecule has 7 nitrogen and oxygen atoms in total. The predicted molar refractivity (Wildman–Crippen MR) is 33.5 cm³/mol. The van der Waals surface area contributed by atoms with Gasteiger partial charge in [0.15, 0.2) is 0 Å². The molecule has 0 aliphatic heterocycles. The van der Waals surface area contributed by atoms with E-state index in [-0.39, 0.29) is 25.9 Å². The fraction of sp³-hybridized carbons (Fsp3) is 0. The standard InChI is InChI=1S/2C2H2O3.CH2O/c2*3-1-5-2-4;1-2/h2*1-2H;1H2. The highest BCUT2D eigenvalue weighted by atomic mass is 16.6. The van der Waals surface area contributed by atoms with Crippen molar-refractivity contribution in [1.82, 2.24) is 0 Å². The van der Waals surface area contributed by atoms with Gasteiger partial charge in [-0.05, 0) is 0 Å². The molecule has 0 aliphatic rings. The second-order valence-electron chi connectivity index (χ2n) is 0.657. The number of ether oxygens (including phenoxy) is 2. The Morgan fingerprint density at radius 3 is 0.833 bits per heavy atom. The maximum atomic E-state index is 8.95. The summed E-state index contributed by atoms with van der Waals surface area (Å²) in [5.41, 5.74) is 0. The van der Waals surface area contributed by atoms with E-state index in [9.17, 15) is 0 Å². The fourth-order valence-electron chi connectivity index (χ4n) is 0.0454. The summed E-state index contributed by atoms with van der Waals surface area (Å²) in [6.07, 6.45) is 0. The van der Waals surface area contributed by atoms with Crippen molar-refractivity contribution in [3.63, 3.8) is 0 Å². The van der Waals surface area contributed by atoms with Crippen molar-refractivity contribution in [2.45, 2.75) is 0 Å². The molecular formula is C5H6O7. The van der Waals surface area contributed by atoms with Gasteiger partial charge in [0.1, 0.15) is 6.79 Å². The molecule has 0 bridgehead atoms. The first-order valence-corrected chi connectivity index (χ1v) is 2.17. The minimum atomic E-state index is 0.0625. The molecule has 0 unspecified atom stereocenters. The van der Waals surface area contributed by atoms with E-state index in [4.69, 9.17) is 24.0 Å². The number of rotatable bonds is 4. The molecule has 0 aromatic heterocycles. The molecule has 0 fully saturated rings.